The predicted molar refractivity (Wildman–Crippen MR) is 52.6 cm³/mol. The third kappa shape index (κ3) is 1.61. The molecular weight excluding hydrogens is 162 g/mol. The molecule has 1 N–H and O–H groups in total. The average Bonchev–Trinajstić information content (AvgIpc) is 2.71. The van der Waals surface area contributed by atoms with Crippen molar-refractivity contribution in [1.29, 1.82) is 0 Å². The summed E-state index contributed by atoms with van der Waals surface area (Å²) in [6.45, 7) is 6.39. The fourth-order valence-electron chi connectivity index (χ4n) is 2.00. The zero-order valence-corrected chi connectivity index (χ0v) is 8.38. The summed E-state index contributed by atoms with van der Waals surface area (Å²) in [4.78, 5) is 4.56. The minimum atomic E-state index is 0.494. The van der Waals surface area contributed by atoms with Crippen LogP contribution in [-0.4, -0.2) is 16.1 Å². The molecule has 13 heavy (non-hydrogen) atoms. The maximum absolute atomic E-state index is 4.56. The van der Waals surface area contributed by atoms with Crippen molar-refractivity contribution in [1.82, 2.24) is 14.9 Å². The minimum absolute atomic E-state index is 0.494. The van der Waals surface area contributed by atoms with E-state index in [4.69, 9.17) is 0 Å². The predicted octanol–water partition coefficient (Wildman–Crippen LogP) is 1.64. The lowest BCUT2D eigenvalue weighted by Crippen LogP contribution is -2.17. The second-order valence-electron chi connectivity index (χ2n) is 3.68. The highest BCUT2D eigenvalue weighted by Crippen LogP contribution is 2.22. The second-order valence-corrected chi connectivity index (χ2v) is 3.68. The average molecular weight is 179 g/mol. The van der Waals surface area contributed by atoms with Gasteiger partial charge in [0.15, 0.2) is 0 Å². The first-order chi connectivity index (χ1) is 6.31. The number of hydrogen-bond donors (Lipinski definition) is 1. The Kier molecular flexibility index (Phi) is 2.36. The Labute approximate surface area is 79.2 Å². The highest BCUT2D eigenvalue weighted by atomic mass is 15.1. The Morgan fingerprint density at radius 3 is 3.15 bits per heavy atom. The fourth-order valence-corrected chi connectivity index (χ4v) is 2.00. The van der Waals surface area contributed by atoms with Crippen molar-refractivity contribution in [3.05, 3.63) is 17.7 Å². The minimum Gasteiger partial charge on any atom is -0.334 e. The first kappa shape index (κ1) is 8.75. The van der Waals surface area contributed by atoms with Gasteiger partial charge in [0.05, 0.1) is 11.7 Å². The summed E-state index contributed by atoms with van der Waals surface area (Å²) in [7, 11) is 0. The van der Waals surface area contributed by atoms with E-state index in [-0.39, 0.29) is 0 Å². The van der Waals surface area contributed by atoms with E-state index in [1.807, 2.05) is 0 Å². The molecule has 0 aromatic carbocycles. The van der Waals surface area contributed by atoms with Crippen LogP contribution in [0, 0.1) is 6.92 Å². The molecule has 0 bridgehead atoms. The molecular formula is C10H17N3. The summed E-state index contributed by atoms with van der Waals surface area (Å²) < 4.78 is 2.25. The molecule has 2 rings (SSSR count). The normalized spacial score (nSPS) is 22.5. The summed E-state index contributed by atoms with van der Waals surface area (Å²) in [5.41, 5.74) is 1.13. The molecule has 1 atom stereocenters. The van der Waals surface area contributed by atoms with Crippen molar-refractivity contribution in [3.8, 4) is 0 Å². The van der Waals surface area contributed by atoms with Crippen LogP contribution in [0.3, 0.4) is 0 Å². The highest BCUT2D eigenvalue weighted by molar-refractivity contribution is 5.07. The van der Waals surface area contributed by atoms with Gasteiger partial charge in [0.25, 0.3) is 0 Å². The molecule has 1 saturated heterocycles. The molecule has 1 aromatic heterocycles. The third-order valence-electron chi connectivity index (χ3n) is 2.64. The Morgan fingerprint density at radius 1 is 1.69 bits per heavy atom. The second kappa shape index (κ2) is 3.50. The van der Waals surface area contributed by atoms with Crippen LogP contribution in [0.1, 0.15) is 37.3 Å². The van der Waals surface area contributed by atoms with Gasteiger partial charge in [0.1, 0.15) is 5.82 Å². The molecule has 1 aliphatic rings. The van der Waals surface area contributed by atoms with Gasteiger partial charge in [-0.25, -0.2) is 4.98 Å². The zero-order valence-electron chi connectivity index (χ0n) is 8.38. The monoisotopic (exact) mass is 179 g/mol. The van der Waals surface area contributed by atoms with E-state index in [0.717, 1.165) is 18.8 Å². The zero-order chi connectivity index (χ0) is 9.26. The van der Waals surface area contributed by atoms with E-state index in [0.29, 0.717) is 6.04 Å². The summed E-state index contributed by atoms with van der Waals surface area (Å²) in [5.74, 6) is 1.22. The van der Waals surface area contributed by atoms with Gasteiger partial charge in [-0.05, 0) is 33.2 Å². The maximum atomic E-state index is 4.56. The number of imidazole rings is 1. The molecule has 3 heteroatoms. The third-order valence-corrected chi connectivity index (χ3v) is 2.64. The number of aromatic nitrogens is 2. The molecule has 1 unspecified atom stereocenters. The van der Waals surface area contributed by atoms with E-state index in [9.17, 15) is 0 Å². The van der Waals surface area contributed by atoms with Crippen molar-refractivity contribution in [3.63, 3.8) is 0 Å². The molecule has 3 nitrogen and oxygen atoms in total. The van der Waals surface area contributed by atoms with Crippen LogP contribution in [-0.2, 0) is 6.54 Å². The lowest BCUT2D eigenvalue weighted by molar-refractivity contribution is 0.558. The summed E-state index contributed by atoms with van der Waals surface area (Å²) >= 11 is 0. The van der Waals surface area contributed by atoms with Gasteiger partial charge in [-0.3, -0.25) is 0 Å². The molecule has 1 aliphatic heterocycles. The smallest absolute Gasteiger partial charge is 0.126 e. The van der Waals surface area contributed by atoms with Crippen LogP contribution in [0.4, 0.5) is 0 Å². The van der Waals surface area contributed by atoms with Crippen LogP contribution >= 0.6 is 0 Å². The number of hydrogen-bond acceptors (Lipinski definition) is 2. The number of rotatable bonds is 2. The quantitative estimate of drug-likeness (QED) is 0.748. The van der Waals surface area contributed by atoms with E-state index in [1.165, 1.54) is 18.7 Å². The van der Waals surface area contributed by atoms with Gasteiger partial charge < -0.3 is 9.88 Å². The molecule has 1 fully saturated rings. The van der Waals surface area contributed by atoms with Gasteiger partial charge in [-0.1, -0.05) is 0 Å². The summed E-state index contributed by atoms with van der Waals surface area (Å²) in [6.07, 6.45) is 4.64. The Bertz CT molecular complexity index is 284. The molecule has 1 aromatic rings. The van der Waals surface area contributed by atoms with E-state index in [2.05, 4.69) is 34.9 Å². The fraction of sp³-hybridized carbons (Fsp3) is 0.700. The summed E-state index contributed by atoms with van der Waals surface area (Å²) in [6, 6.07) is 0.494. The molecule has 2 heterocycles. The van der Waals surface area contributed by atoms with Crippen LogP contribution in [0.2, 0.25) is 0 Å². The Hall–Kier alpha value is -0.830. The van der Waals surface area contributed by atoms with Crippen molar-refractivity contribution >= 4 is 0 Å². The SMILES string of the molecule is CCn1cc(C)nc1C1CCCN1. The standard InChI is InChI=1S/C10H17N3/c1-3-13-7-8(2)12-10(13)9-5-4-6-11-9/h7,9,11H,3-6H2,1-2H3. The van der Waals surface area contributed by atoms with Crippen molar-refractivity contribution in [2.75, 3.05) is 6.54 Å². The van der Waals surface area contributed by atoms with Gasteiger partial charge in [0, 0.05) is 12.7 Å². The molecule has 0 saturated carbocycles. The van der Waals surface area contributed by atoms with Gasteiger partial charge in [0.2, 0.25) is 0 Å². The number of aryl methyl sites for hydroxylation is 2. The van der Waals surface area contributed by atoms with E-state index >= 15 is 0 Å². The topological polar surface area (TPSA) is 29.9 Å². The molecule has 0 aliphatic carbocycles. The maximum Gasteiger partial charge on any atom is 0.126 e. The van der Waals surface area contributed by atoms with Gasteiger partial charge in [-0.15, -0.1) is 0 Å². The van der Waals surface area contributed by atoms with Gasteiger partial charge >= 0.3 is 0 Å². The Morgan fingerprint density at radius 2 is 2.54 bits per heavy atom. The van der Waals surface area contributed by atoms with Gasteiger partial charge in [-0.2, -0.15) is 0 Å². The molecule has 0 amide bonds. The number of nitrogens with zero attached hydrogens (tertiary/aromatic N) is 2. The largest absolute Gasteiger partial charge is 0.334 e. The molecule has 0 radical (unpaired) electrons. The van der Waals surface area contributed by atoms with Crippen LogP contribution in [0.25, 0.3) is 0 Å². The van der Waals surface area contributed by atoms with Crippen LogP contribution < -0.4 is 5.32 Å². The van der Waals surface area contributed by atoms with E-state index < -0.39 is 0 Å². The first-order valence-electron chi connectivity index (χ1n) is 5.08. The lowest BCUT2D eigenvalue weighted by Gasteiger charge is -2.11. The molecule has 0 spiro atoms. The van der Waals surface area contributed by atoms with Crippen molar-refractivity contribution in [2.45, 2.75) is 39.3 Å². The van der Waals surface area contributed by atoms with Crippen LogP contribution in [0.5, 0.6) is 0 Å². The van der Waals surface area contributed by atoms with Crippen molar-refractivity contribution in [2.24, 2.45) is 0 Å². The van der Waals surface area contributed by atoms with Crippen molar-refractivity contribution < 1.29 is 0 Å². The highest BCUT2D eigenvalue weighted by Gasteiger charge is 2.20. The Balaban J connectivity index is 2.26. The number of nitrogens with one attached hydrogen (secondary N) is 1. The lowest BCUT2D eigenvalue weighted by atomic mass is 10.2. The van der Waals surface area contributed by atoms with Crippen LogP contribution in [0.15, 0.2) is 6.20 Å². The molecule has 72 valence electrons. The summed E-state index contributed by atoms with van der Waals surface area (Å²) in [5, 5.41) is 3.48. The van der Waals surface area contributed by atoms with E-state index in [1.54, 1.807) is 0 Å². The first-order valence-corrected chi connectivity index (χ1v) is 5.08.